The summed E-state index contributed by atoms with van der Waals surface area (Å²) < 4.78 is 0. The minimum atomic E-state index is -0.107. The first-order chi connectivity index (χ1) is 9.52. The highest BCUT2D eigenvalue weighted by atomic mass is 35.5. The summed E-state index contributed by atoms with van der Waals surface area (Å²) in [4.78, 5) is 19.9. The molecule has 0 fully saturated rings. The molecule has 0 aliphatic heterocycles. The van der Waals surface area contributed by atoms with Crippen molar-refractivity contribution < 1.29 is 4.79 Å². The second kappa shape index (κ2) is 4.76. The molecule has 4 heteroatoms. The average Bonchev–Trinajstić information content (AvgIpc) is 2.79. The van der Waals surface area contributed by atoms with E-state index in [0.717, 1.165) is 22.2 Å². The van der Waals surface area contributed by atoms with E-state index < -0.39 is 0 Å². The monoisotopic (exact) mass is 284 g/mol. The molecule has 0 amide bonds. The van der Waals surface area contributed by atoms with Gasteiger partial charge in [-0.05, 0) is 55.8 Å². The predicted octanol–water partition coefficient (Wildman–Crippen LogP) is 4.06. The van der Waals surface area contributed by atoms with E-state index in [2.05, 4.69) is 9.97 Å². The maximum Gasteiger partial charge on any atom is 0.227 e. The second-order valence-corrected chi connectivity index (χ2v) is 5.35. The largest absolute Gasteiger partial charge is 0.352 e. The smallest absolute Gasteiger partial charge is 0.227 e. The summed E-state index contributed by atoms with van der Waals surface area (Å²) in [5.41, 5.74) is 3.74. The Hall–Kier alpha value is -2.13. The van der Waals surface area contributed by atoms with Gasteiger partial charge in [0.2, 0.25) is 5.78 Å². The van der Waals surface area contributed by atoms with Crippen molar-refractivity contribution in [1.29, 1.82) is 0 Å². The number of benzene rings is 1. The first kappa shape index (κ1) is 12.9. The number of H-pyrrole nitrogens is 1. The van der Waals surface area contributed by atoms with Crippen LogP contribution in [-0.4, -0.2) is 15.8 Å². The van der Waals surface area contributed by atoms with Gasteiger partial charge in [0.25, 0.3) is 0 Å². The molecule has 3 aromatic rings. The van der Waals surface area contributed by atoms with E-state index >= 15 is 0 Å². The van der Waals surface area contributed by atoms with Crippen LogP contribution in [0, 0.1) is 13.8 Å². The molecule has 0 saturated heterocycles. The minimum absolute atomic E-state index is 0.107. The number of aromatic nitrogens is 2. The number of carbonyl (C=O) groups is 1. The molecule has 0 bridgehead atoms. The van der Waals surface area contributed by atoms with E-state index in [9.17, 15) is 4.79 Å². The van der Waals surface area contributed by atoms with Crippen LogP contribution in [-0.2, 0) is 0 Å². The van der Waals surface area contributed by atoms with Crippen LogP contribution in [0.1, 0.15) is 27.4 Å². The summed E-state index contributed by atoms with van der Waals surface area (Å²) in [7, 11) is 0. The molecule has 2 heterocycles. The zero-order valence-electron chi connectivity index (χ0n) is 11.2. The number of hydrogen-bond donors (Lipinski definition) is 1. The lowest BCUT2D eigenvalue weighted by Gasteiger charge is -2.01. The van der Waals surface area contributed by atoms with Gasteiger partial charge in [-0.15, -0.1) is 0 Å². The summed E-state index contributed by atoms with van der Waals surface area (Å²) in [5.74, 6) is -0.107. The quantitative estimate of drug-likeness (QED) is 0.721. The van der Waals surface area contributed by atoms with Crippen molar-refractivity contribution in [2.75, 3.05) is 0 Å². The van der Waals surface area contributed by atoms with Gasteiger partial charge in [0.1, 0.15) is 5.69 Å². The first-order valence-electron chi connectivity index (χ1n) is 6.31. The second-order valence-electron chi connectivity index (χ2n) is 4.91. The van der Waals surface area contributed by atoms with Gasteiger partial charge in [0.15, 0.2) is 0 Å². The maximum atomic E-state index is 12.5. The Morgan fingerprint density at radius 2 is 1.95 bits per heavy atom. The van der Waals surface area contributed by atoms with E-state index in [1.165, 1.54) is 0 Å². The van der Waals surface area contributed by atoms with Crippen LogP contribution in [0.3, 0.4) is 0 Å². The number of aromatic amines is 1. The molecule has 100 valence electrons. The molecule has 3 rings (SSSR count). The zero-order chi connectivity index (χ0) is 14.3. The van der Waals surface area contributed by atoms with Gasteiger partial charge in [0, 0.05) is 21.6 Å². The van der Waals surface area contributed by atoms with Crippen LogP contribution in [0.4, 0.5) is 0 Å². The summed E-state index contributed by atoms with van der Waals surface area (Å²) in [6.45, 7) is 3.84. The molecule has 20 heavy (non-hydrogen) atoms. The molecule has 0 atom stereocenters. The number of carbonyl (C=O) groups excluding carboxylic acids is 1. The Morgan fingerprint density at radius 1 is 1.15 bits per heavy atom. The van der Waals surface area contributed by atoms with E-state index in [4.69, 9.17) is 11.6 Å². The van der Waals surface area contributed by atoms with Gasteiger partial charge in [0.05, 0.1) is 5.69 Å². The molecule has 1 aromatic carbocycles. The molecule has 0 aliphatic carbocycles. The number of pyridine rings is 1. The fourth-order valence-electron chi connectivity index (χ4n) is 2.32. The molecule has 0 aliphatic rings. The van der Waals surface area contributed by atoms with Crippen LogP contribution in [0.25, 0.3) is 10.9 Å². The minimum Gasteiger partial charge on any atom is -0.352 e. The van der Waals surface area contributed by atoms with Crippen LogP contribution < -0.4 is 0 Å². The Labute approximate surface area is 121 Å². The number of ketones is 1. The van der Waals surface area contributed by atoms with E-state index in [0.29, 0.717) is 16.4 Å². The molecule has 2 aromatic heterocycles. The number of rotatable bonds is 2. The fourth-order valence-corrected chi connectivity index (χ4v) is 2.50. The summed E-state index contributed by atoms with van der Waals surface area (Å²) >= 11 is 5.95. The number of fused-ring (bicyclic) bond motifs is 1. The molecule has 1 N–H and O–H groups in total. The van der Waals surface area contributed by atoms with E-state index in [-0.39, 0.29) is 5.78 Å². The zero-order valence-corrected chi connectivity index (χ0v) is 12.0. The van der Waals surface area contributed by atoms with E-state index in [1.807, 2.05) is 38.1 Å². The van der Waals surface area contributed by atoms with Crippen LogP contribution in [0.5, 0.6) is 0 Å². The third kappa shape index (κ3) is 2.32. The van der Waals surface area contributed by atoms with Gasteiger partial charge in [-0.1, -0.05) is 11.6 Å². The Kier molecular flexibility index (Phi) is 3.07. The van der Waals surface area contributed by atoms with Gasteiger partial charge in [-0.25, -0.2) is 4.98 Å². The summed E-state index contributed by atoms with van der Waals surface area (Å²) in [6.07, 6.45) is 0. The van der Waals surface area contributed by atoms with Gasteiger partial charge in [-0.2, -0.15) is 0 Å². The normalized spacial score (nSPS) is 10.9. The number of hydrogen-bond acceptors (Lipinski definition) is 2. The van der Waals surface area contributed by atoms with E-state index in [1.54, 1.807) is 12.1 Å². The van der Waals surface area contributed by atoms with Crippen LogP contribution in [0.15, 0.2) is 36.4 Å². The van der Waals surface area contributed by atoms with Gasteiger partial charge < -0.3 is 4.98 Å². The SMILES string of the molecule is Cc1cc(C)nc(C(=O)c2cc3cc(Cl)ccc3[nH]2)c1. The number of halogens is 1. The van der Waals surface area contributed by atoms with Gasteiger partial charge in [-0.3, -0.25) is 4.79 Å². The molecule has 0 spiro atoms. The lowest BCUT2D eigenvalue weighted by Crippen LogP contribution is -2.05. The fraction of sp³-hybridized carbons (Fsp3) is 0.125. The molecular weight excluding hydrogens is 272 g/mol. The highest BCUT2D eigenvalue weighted by Crippen LogP contribution is 2.21. The van der Waals surface area contributed by atoms with Crippen molar-refractivity contribution in [3.05, 3.63) is 64.1 Å². The molecule has 3 nitrogen and oxygen atoms in total. The third-order valence-corrected chi connectivity index (χ3v) is 3.39. The number of nitrogens with one attached hydrogen (secondary N) is 1. The third-order valence-electron chi connectivity index (χ3n) is 3.16. The first-order valence-corrected chi connectivity index (χ1v) is 6.69. The van der Waals surface area contributed by atoms with Crippen molar-refractivity contribution in [1.82, 2.24) is 9.97 Å². The van der Waals surface area contributed by atoms with Crippen molar-refractivity contribution >= 4 is 28.3 Å². The topological polar surface area (TPSA) is 45.8 Å². The lowest BCUT2D eigenvalue weighted by atomic mass is 10.1. The van der Waals surface area contributed by atoms with Crippen LogP contribution >= 0.6 is 11.6 Å². The summed E-state index contributed by atoms with van der Waals surface area (Å²) in [5, 5.41) is 1.57. The molecule has 0 unspecified atom stereocenters. The Bertz CT molecular complexity index is 800. The Morgan fingerprint density at radius 3 is 2.70 bits per heavy atom. The standard InChI is InChI=1S/C16H13ClN2O/c1-9-5-10(2)18-14(6-9)16(20)15-8-11-7-12(17)3-4-13(11)19-15/h3-8,19H,1-2H3. The number of nitrogens with zero attached hydrogens (tertiary/aromatic N) is 1. The molecule has 0 saturated carbocycles. The average molecular weight is 285 g/mol. The maximum absolute atomic E-state index is 12.5. The molecule has 0 radical (unpaired) electrons. The number of aryl methyl sites for hydroxylation is 2. The van der Waals surface area contributed by atoms with Crippen LogP contribution in [0.2, 0.25) is 5.02 Å². The van der Waals surface area contributed by atoms with Crippen molar-refractivity contribution in [2.45, 2.75) is 13.8 Å². The summed E-state index contributed by atoms with van der Waals surface area (Å²) in [6, 6.07) is 11.0. The van der Waals surface area contributed by atoms with Gasteiger partial charge >= 0.3 is 0 Å². The van der Waals surface area contributed by atoms with Crippen molar-refractivity contribution in [2.24, 2.45) is 0 Å². The highest BCUT2D eigenvalue weighted by molar-refractivity contribution is 6.31. The molecular formula is C16H13ClN2O. The Balaban J connectivity index is 2.07. The highest BCUT2D eigenvalue weighted by Gasteiger charge is 2.14. The van der Waals surface area contributed by atoms with Crippen molar-refractivity contribution in [3.8, 4) is 0 Å². The predicted molar refractivity (Wildman–Crippen MR) is 80.5 cm³/mol. The van der Waals surface area contributed by atoms with Crippen molar-refractivity contribution in [3.63, 3.8) is 0 Å². The lowest BCUT2D eigenvalue weighted by molar-refractivity contribution is 0.103.